The molecule has 4 aliphatic rings. The molecule has 5 N–H and O–H groups in total. The van der Waals surface area contributed by atoms with Crippen molar-refractivity contribution in [3.63, 3.8) is 0 Å². The Morgan fingerprint density at radius 3 is 1.96 bits per heavy atom. The van der Waals surface area contributed by atoms with E-state index in [1.165, 1.54) is 30.6 Å². The van der Waals surface area contributed by atoms with Crippen molar-refractivity contribution in [2.75, 3.05) is 5.32 Å². The Labute approximate surface area is 156 Å². The van der Waals surface area contributed by atoms with Gasteiger partial charge >= 0.3 is 25.8 Å². The summed E-state index contributed by atoms with van der Waals surface area (Å²) in [5, 5.41) is 5.61. The highest BCUT2D eigenvalue weighted by atomic mass is 32.1. The molecule has 4 saturated carbocycles. The monoisotopic (exact) mass is 423 g/mol. The summed E-state index contributed by atoms with van der Waals surface area (Å²) < 4.78 is 24.9. The Hall–Kier alpha value is -0.270. The smallest absolute Gasteiger partial charge is 0.321 e. The van der Waals surface area contributed by atoms with Crippen LogP contribution in [0.15, 0.2) is 5.38 Å². The summed E-state index contributed by atoms with van der Waals surface area (Å²) in [5.41, 5.74) is -1.88. The van der Waals surface area contributed by atoms with Gasteiger partial charge in [-0.05, 0) is 63.2 Å². The number of anilines is 1. The number of aromatic nitrogens is 1. The van der Waals surface area contributed by atoms with Crippen LogP contribution in [0.1, 0.15) is 49.7 Å². The minimum Gasteiger partial charge on any atom is -0.321 e. The summed E-state index contributed by atoms with van der Waals surface area (Å²) in [6.07, 6.45) is 6.85. The number of rotatable bonds is 5. The van der Waals surface area contributed by atoms with Gasteiger partial charge in [-0.25, -0.2) is 0 Å². The molecule has 1 heterocycles. The second-order valence-electron chi connectivity index (χ2n) is 8.40. The fraction of sp³-hybridized carbons (Fsp3) is 0.800. The molecule has 0 radical (unpaired) electrons. The maximum Gasteiger partial charge on any atom is 0.382 e. The molecule has 26 heavy (non-hydrogen) atoms. The van der Waals surface area contributed by atoms with E-state index in [2.05, 4.69) is 5.32 Å². The van der Waals surface area contributed by atoms with Crippen LogP contribution >= 0.6 is 26.5 Å². The summed E-state index contributed by atoms with van der Waals surface area (Å²) in [6.45, 7) is 1.61. The summed E-state index contributed by atoms with van der Waals surface area (Å²) in [5.74, 6) is 2.05. The predicted octanol–water partition coefficient (Wildman–Crippen LogP) is 2.54. The summed E-state index contributed by atoms with van der Waals surface area (Å²) in [7, 11) is -10.1. The molecule has 0 amide bonds. The molecule has 5 rings (SSSR count). The van der Waals surface area contributed by atoms with Gasteiger partial charge in [0, 0.05) is 5.38 Å². The molecule has 0 aromatic carbocycles. The van der Waals surface area contributed by atoms with E-state index in [0.717, 1.165) is 23.8 Å². The second kappa shape index (κ2) is 6.11. The van der Waals surface area contributed by atoms with Crippen molar-refractivity contribution in [1.82, 2.24) is 0 Å². The van der Waals surface area contributed by atoms with Crippen LogP contribution in [0.2, 0.25) is 0 Å². The van der Waals surface area contributed by atoms with Gasteiger partial charge in [-0.1, -0.05) is 11.3 Å². The van der Waals surface area contributed by atoms with E-state index in [1.54, 1.807) is 12.3 Å². The summed E-state index contributed by atoms with van der Waals surface area (Å²) >= 11 is 1.25. The third kappa shape index (κ3) is 3.32. The third-order valence-corrected chi connectivity index (χ3v) is 10.6. The average Bonchev–Trinajstić information content (AvgIpc) is 2.75. The van der Waals surface area contributed by atoms with Gasteiger partial charge < -0.3 is 19.6 Å². The van der Waals surface area contributed by atoms with Gasteiger partial charge in [-0.15, -0.1) is 0 Å². The normalized spacial score (nSPS) is 33.8. The van der Waals surface area contributed by atoms with Crippen LogP contribution in [0.3, 0.4) is 0 Å². The van der Waals surface area contributed by atoms with Crippen LogP contribution in [0.25, 0.3) is 0 Å². The van der Waals surface area contributed by atoms with E-state index >= 15 is 0 Å². The minimum atomic E-state index is -5.06. The highest BCUT2D eigenvalue weighted by Gasteiger charge is 2.56. The molecule has 8 nitrogen and oxygen atoms in total. The molecule has 0 spiro atoms. The second-order valence-corrected chi connectivity index (χ2v) is 13.0. The van der Waals surface area contributed by atoms with Gasteiger partial charge in [-0.2, -0.15) is 4.57 Å². The van der Waals surface area contributed by atoms with Crippen molar-refractivity contribution < 1.29 is 33.3 Å². The van der Waals surface area contributed by atoms with Gasteiger partial charge in [0.15, 0.2) is 0 Å². The Bertz CT molecular complexity index is 758. The number of hydrogen-bond acceptors (Lipinski definition) is 4. The molecule has 4 aliphatic carbocycles. The maximum absolute atomic E-state index is 11.9. The molecule has 0 aliphatic heterocycles. The topological polar surface area (TPSA) is 131 Å². The van der Waals surface area contributed by atoms with Crippen molar-refractivity contribution >= 4 is 31.7 Å². The van der Waals surface area contributed by atoms with Crippen LogP contribution in [-0.4, -0.2) is 25.1 Å². The number of nitrogens with one attached hydrogen (secondary N) is 1. The molecule has 1 aromatic rings. The number of thiazole rings is 1. The SMILES string of the molecule is Cc1csc(NC23CC4CC(CC(C4)C2)C3)[n+]1C(P(=O)(O)O)P(=O)(O)O. The Morgan fingerprint density at radius 2 is 1.54 bits per heavy atom. The molecule has 0 atom stereocenters. The van der Waals surface area contributed by atoms with E-state index in [4.69, 9.17) is 0 Å². The molecular weight excluding hydrogens is 398 g/mol. The molecule has 11 heteroatoms. The number of hydrogen-bond donors (Lipinski definition) is 5. The lowest BCUT2D eigenvalue weighted by atomic mass is 9.53. The third-order valence-electron chi connectivity index (χ3n) is 6.18. The first kappa shape index (κ1) is 19.1. The van der Waals surface area contributed by atoms with E-state index in [9.17, 15) is 28.7 Å². The average molecular weight is 423 g/mol. The summed E-state index contributed by atoms with van der Waals surface area (Å²) in [6, 6.07) is 0. The van der Waals surface area contributed by atoms with Crippen LogP contribution in [0.5, 0.6) is 0 Å². The van der Waals surface area contributed by atoms with Crippen LogP contribution in [0, 0.1) is 24.7 Å². The van der Waals surface area contributed by atoms with E-state index in [-0.39, 0.29) is 5.54 Å². The first-order valence-electron chi connectivity index (χ1n) is 8.85. The van der Waals surface area contributed by atoms with E-state index in [0.29, 0.717) is 28.6 Å². The predicted molar refractivity (Wildman–Crippen MR) is 96.9 cm³/mol. The fourth-order valence-electron chi connectivity index (χ4n) is 5.78. The molecule has 1 aromatic heterocycles. The van der Waals surface area contributed by atoms with Crippen molar-refractivity contribution in [2.24, 2.45) is 17.8 Å². The zero-order valence-corrected chi connectivity index (χ0v) is 17.1. The van der Waals surface area contributed by atoms with Gasteiger partial charge in [0.2, 0.25) is 0 Å². The van der Waals surface area contributed by atoms with E-state index in [1.807, 2.05) is 0 Å². The number of nitrogens with zero attached hydrogens (tertiary/aromatic N) is 1. The van der Waals surface area contributed by atoms with E-state index < -0.39 is 20.7 Å². The number of aryl methyl sites for hydroxylation is 1. The molecule has 0 saturated heterocycles. The van der Waals surface area contributed by atoms with Crippen molar-refractivity contribution in [3.05, 3.63) is 11.1 Å². The Kier molecular flexibility index (Phi) is 4.48. The van der Waals surface area contributed by atoms with Crippen molar-refractivity contribution in [1.29, 1.82) is 0 Å². The molecule has 4 fully saturated rings. The lowest BCUT2D eigenvalue weighted by molar-refractivity contribution is -0.675. The Morgan fingerprint density at radius 1 is 1.08 bits per heavy atom. The Balaban J connectivity index is 1.71. The van der Waals surface area contributed by atoms with Gasteiger partial charge in [0.25, 0.3) is 0 Å². The van der Waals surface area contributed by atoms with Gasteiger partial charge in [-0.3, -0.25) is 14.4 Å². The quantitative estimate of drug-likeness (QED) is 0.363. The highest BCUT2D eigenvalue weighted by molar-refractivity contribution is 7.69. The zero-order chi connectivity index (χ0) is 18.9. The first-order valence-corrected chi connectivity index (χ1v) is 13.1. The lowest BCUT2D eigenvalue weighted by Crippen LogP contribution is -2.56. The van der Waals surface area contributed by atoms with Gasteiger partial charge in [0.1, 0.15) is 11.2 Å². The molecule has 4 bridgehead atoms. The minimum absolute atomic E-state index is 0.123. The molecular formula is C15H25N2O6P2S+. The van der Waals surface area contributed by atoms with Crippen LogP contribution < -0.4 is 9.88 Å². The van der Waals surface area contributed by atoms with Crippen LogP contribution in [-0.2, 0) is 9.13 Å². The van der Waals surface area contributed by atoms with Gasteiger partial charge in [0.05, 0.1) is 0 Å². The van der Waals surface area contributed by atoms with Crippen molar-refractivity contribution in [2.45, 2.75) is 56.5 Å². The van der Waals surface area contributed by atoms with Crippen LogP contribution in [0.4, 0.5) is 5.13 Å². The zero-order valence-electron chi connectivity index (χ0n) is 14.5. The maximum atomic E-state index is 11.9. The summed E-state index contributed by atoms with van der Waals surface area (Å²) in [4.78, 5) is 38.6. The standard InChI is InChI=1S/C15H24N2O6P2S/c1-9-8-26-13(17(9)14(24(18,19)20)25(21,22)23)16-15-5-10-2-11(6-15)4-12(3-10)7-15/h8,10-12,14H,2-7H2,1H3,(H4,18,19,20,21,22,23)/p+1. The van der Waals surface area contributed by atoms with Crippen molar-refractivity contribution in [3.8, 4) is 0 Å². The fourth-order valence-corrected chi connectivity index (χ4v) is 9.73. The molecule has 146 valence electrons. The lowest BCUT2D eigenvalue weighted by Gasteiger charge is -2.54. The largest absolute Gasteiger partial charge is 0.382 e. The molecule has 0 unspecified atom stereocenters. The first-order chi connectivity index (χ1) is 12.0. The highest BCUT2D eigenvalue weighted by Crippen LogP contribution is 2.65.